The molecule has 1 atom stereocenters. The lowest BCUT2D eigenvalue weighted by atomic mass is 10.2. The van der Waals surface area contributed by atoms with E-state index in [0.29, 0.717) is 6.04 Å². The minimum atomic E-state index is 0.402. The molecule has 0 aliphatic carbocycles. The molecule has 1 aromatic rings. The highest BCUT2D eigenvalue weighted by molar-refractivity contribution is 5.13. The summed E-state index contributed by atoms with van der Waals surface area (Å²) in [5, 5.41) is 3.11. The average molecular weight is 237 g/mol. The first-order chi connectivity index (χ1) is 8.17. The minimum Gasteiger partial charge on any atom is -0.383 e. The molecule has 0 spiro atoms. The van der Waals surface area contributed by atoms with E-state index in [4.69, 9.17) is 4.74 Å². The standard InChI is InChI=1S/C13H23N3O/c1-11(10-17-4)16(3)9-13-6-5-12(7-14-2)8-15-13/h5-6,8,11,14H,7,9-10H2,1-4H3. The second kappa shape index (κ2) is 7.37. The number of ether oxygens (including phenoxy) is 1. The van der Waals surface area contributed by atoms with Gasteiger partial charge in [-0.3, -0.25) is 9.88 Å². The van der Waals surface area contributed by atoms with Gasteiger partial charge in [0.05, 0.1) is 12.3 Å². The Kier molecular flexibility index (Phi) is 6.11. The molecule has 1 N–H and O–H groups in total. The van der Waals surface area contributed by atoms with Gasteiger partial charge in [-0.25, -0.2) is 0 Å². The number of nitrogens with one attached hydrogen (secondary N) is 1. The van der Waals surface area contributed by atoms with Crippen LogP contribution < -0.4 is 5.32 Å². The summed E-state index contributed by atoms with van der Waals surface area (Å²) in [6, 6.07) is 4.61. The van der Waals surface area contributed by atoms with Crippen LogP contribution in [0.1, 0.15) is 18.2 Å². The SMILES string of the molecule is CNCc1ccc(CN(C)C(C)COC)nc1. The van der Waals surface area contributed by atoms with Crippen LogP contribution in [-0.4, -0.2) is 43.7 Å². The van der Waals surface area contributed by atoms with Crippen molar-refractivity contribution in [2.75, 3.05) is 27.8 Å². The van der Waals surface area contributed by atoms with Crippen LogP contribution in [0, 0.1) is 0 Å². The Labute approximate surface area is 104 Å². The number of hydrogen-bond donors (Lipinski definition) is 1. The molecule has 0 aliphatic heterocycles. The molecule has 0 fully saturated rings. The van der Waals surface area contributed by atoms with E-state index < -0.39 is 0 Å². The van der Waals surface area contributed by atoms with Crippen molar-refractivity contribution in [2.24, 2.45) is 0 Å². The summed E-state index contributed by atoms with van der Waals surface area (Å²) < 4.78 is 5.14. The van der Waals surface area contributed by atoms with Crippen LogP contribution in [0.5, 0.6) is 0 Å². The highest BCUT2D eigenvalue weighted by Gasteiger charge is 2.09. The molecule has 0 saturated heterocycles. The molecule has 0 saturated carbocycles. The Morgan fingerprint density at radius 3 is 2.76 bits per heavy atom. The van der Waals surface area contributed by atoms with E-state index in [-0.39, 0.29) is 0 Å². The van der Waals surface area contributed by atoms with Crippen LogP contribution in [0.3, 0.4) is 0 Å². The molecule has 0 radical (unpaired) electrons. The van der Waals surface area contributed by atoms with Crippen LogP contribution in [-0.2, 0) is 17.8 Å². The lowest BCUT2D eigenvalue weighted by Gasteiger charge is -2.23. The van der Waals surface area contributed by atoms with E-state index in [2.05, 4.69) is 41.3 Å². The van der Waals surface area contributed by atoms with Crippen LogP contribution >= 0.6 is 0 Å². The Balaban J connectivity index is 2.50. The van der Waals surface area contributed by atoms with Crippen LogP contribution in [0.4, 0.5) is 0 Å². The zero-order chi connectivity index (χ0) is 12.7. The maximum Gasteiger partial charge on any atom is 0.0615 e. The summed E-state index contributed by atoms with van der Waals surface area (Å²) in [5.74, 6) is 0. The molecule has 4 nitrogen and oxygen atoms in total. The minimum absolute atomic E-state index is 0.402. The molecule has 0 bridgehead atoms. The summed E-state index contributed by atoms with van der Waals surface area (Å²) in [6.07, 6.45) is 1.93. The Morgan fingerprint density at radius 2 is 2.24 bits per heavy atom. The highest BCUT2D eigenvalue weighted by atomic mass is 16.5. The van der Waals surface area contributed by atoms with Gasteiger partial charge in [0.15, 0.2) is 0 Å². The molecule has 1 aromatic heterocycles. The summed E-state index contributed by atoms with van der Waals surface area (Å²) >= 11 is 0. The number of pyridine rings is 1. The molecule has 1 rings (SSSR count). The fourth-order valence-electron chi connectivity index (χ4n) is 1.64. The Morgan fingerprint density at radius 1 is 1.47 bits per heavy atom. The zero-order valence-electron chi connectivity index (χ0n) is 11.2. The second-order valence-electron chi connectivity index (χ2n) is 4.41. The molecule has 0 amide bonds. The summed E-state index contributed by atoms with van der Waals surface area (Å²) in [6.45, 7) is 4.61. The fourth-order valence-corrected chi connectivity index (χ4v) is 1.64. The molecule has 17 heavy (non-hydrogen) atoms. The molecule has 1 heterocycles. The van der Waals surface area contributed by atoms with Crippen molar-refractivity contribution < 1.29 is 4.74 Å². The van der Waals surface area contributed by atoms with Gasteiger partial charge < -0.3 is 10.1 Å². The third-order valence-corrected chi connectivity index (χ3v) is 2.84. The number of likely N-dealkylation sites (N-methyl/N-ethyl adjacent to an activating group) is 1. The second-order valence-corrected chi connectivity index (χ2v) is 4.41. The lowest BCUT2D eigenvalue weighted by Crippen LogP contribution is -2.32. The number of methoxy groups -OCH3 is 1. The van der Waals surface area contributed by atoms with Crippen molar-refractivity contribution in [1.29, 1.82) is 0 Å². The summed E-state index contributed by atoms with van der Waals surface area (Å²) in [4.78, 5) is 6.70. The third-order valence-electron chi connectivity index (χ3n) is 2.84. The normalized spacial score (nSPS) is 13.0. The fraction of sp³-hybridized carbons (Fsp3) is 0.615. The van der Waals surface area contributed by atoms with Crippen LogP contribution in [0.25, 0.3) is 0 Å². The van der Waals surface area contributed by atoms with Crippen LogP contribution in [0.15, 0.2) is 18.3 Å². The topological polar surface area (TPSA) is 37.4 Å². The first-order valence-electron chi connectivity index (χ1n) is 5.95. The predicted molar refractivity (Wildman–Crippen MR) is 69.8 cm³/mol. The van der Waals surface area contributed by atoms with Gasteiger partial charge in [0.1, 0.15) is 0 Å². The first-order valence-corrected chi connectivity index (χ1v) is 5.95. The zero-order valence-corrected chi connectivity index (χ0v) is 11.2. The summed E-state index contributed by atoms with van der Waals surface area (Å²) in [5.41, 5.74) is 2.30. The first kappa shape index (κ1) is 14.1. The van der Waals surface area contributed by atoms with E-state index in [1.807, 2.05) is 13.2 Å². The van der Waals surface area contributed by atoms with Gasteiger partial charge in [0.2, 0.25) is 0 Å². The van der Waals surface area contributed by atoms with E-state index in [1.165, 1.54) is 5.56 Å². The number of hydrogen-bond acceptors (Lipinski definition) is 4. The van der Waals surface area contributed by atoms with E-state index in [9.17, 15) is 0 Å². The molecule has 0 aromatic carbocycles. The Bertz CT molecular complexity index is 313. The van der Waals surface area contributed by atoms with Gasteiger partial charge >= 0.3 is 0 Å². The Hall–Kier alpha value is -0.970. The van der Waals surface area contributed by atoms with Crippen molar-refractivity contribution in [2.45, 2.75) is 26.1 Å². The molecular weight excluding hydrogens is 214 g/mol. The number of aromatic nitrogens is 1. The van der Waals surface area contributed by atoms with Gasteiger partial charge in [-0.2, -0.15) is 0 Å². The van der Waals surface area contributed by atoms with Crippen molar-refractivity contribution in [3.05, 3.63) is 29.6 Å². The van der Waals surface area contributed by atoms with Gasteiger partial charge in [-0.05, 0) is 32.6 Å². The number of rotatable bonds is 7. The number of nitrogens with zero attached hydrogens (tertiary/aromatic N) is 2. The van der Waals surface area contributed by atoms with E-state index in [1.54, 1.807) is 7.11 Å². The average Bonchev–Trinajstić information content (AvgIpc) is 2.32. The van der Waals surface area contributed by atoms with Crippen LogP contribution in [0.2, 0.25) is 0 Å². The van der Waals surface area contributed by atoms with Gasteiger partial charge in [-0.1, -0.05) is 6.07 Å². The quantitative estimate of drug-likeness (QED) is 0.775. The summed E-state index contributed by atoms with van der Waals surface area (Å²) in [7, 11) is 5.76. The van der Waals surface area contributed by atoms with E-state index in [0.717, 1.165) is 25.4 Å². The molecule has 1 unspecified atom stereocenters. The molecular formula is C13H23N3O. The van der Waals surface area contributed by atoms with Gasteiger partial charge in [0, 0.05) is 32.4 Å². The van der Waals surface area contributed by atoms with Crippen molar-refractivity contribution in [3.8, 4) is 0 Å². The maximum absolute atomic E-state index is 5.14. The molecule has 0 aliphatic rings. The lowest BCUT2D eigenvalue weighted by molar-refractivity contribution is 0.111. The van der Waals surface area contributed by atoms with Crippen molar-refractivity contribution >= 4 is 0 Å². The smallest absolute Gasteiger partial charge is 0.0615 e. The third kappa shape index (κ3) is 4.81. The van der Waals surface area contributed by atoms with Gasteiger partial charge in [-0.15, -0.1) is 0 Å². The van der Waals surface area contributed by atoms with Gasteiger partial charge in [0.25, 0.3) is 0 Å². The maximum atomic E-state index is 5.14. The molecule has 96 valence electrons. The van der Waals surface area contributed by atoms with Crippen molar-refractivity contribution in [1.82, 2.24) is 15.2 Å². The largest absolute Gasteiger partial charge is 0.383 e. The monoisotopic (exact) mass is 237 g/mol. The predicted octanol–water partition coefficient (Wildman–Crippen LogP) is 1.27. The highest BCUT2D eigenvalue weighted by Crippen LogP contribution is 2.05. The molecule has 4 heteroatoms. The van der Waals surface area contributed by atoms with Crippen molar-refractivity contribution in [3.63, 3.8) is 0 Å². The van der Waals surface area contributed by atoms with E-state index >= 15 is 0 Å².